The van der Waals surface area contributed by atoms with Crippen LogP contribution in [0.3, 0.4) is 0 Å². The number of pyridine rings is 1. The summed E-state index contributed by atoms with van der Waals surface area (Å²) in [5, 5.41) is 3.42. The first kappa shape index (κ1) is 11.4. The summed E-state index contributed by atoms with van der Waals surface area (Å²) in [6.45, 7) is 4.26. The van der Waals surface area contributed by atoms with Crippen LogP contribution in [0.5, 0.6) is 0 Å². The first-order chi connectivity index (χ1) is 8.81. The van der Waals surface area contributed by atoms with Crippen molar-refractivity contribution in [3.8, 4) is 0 Å². The minimum Gasteiger partial charge on any atom is -0.304 e. The summed E-state index contributed by atoms with van der Waals surface area (Å²) in [5.74, 6) is 0.929. The van der Waals surface area contributed by atoms with Gasteiger partial charge in [-0.15, -0.1) is 0 Å². The van der Waals surface area contributed by atoms with E-state index in [9.17, 15) is 0 Å². The maximum Gasteiger partial charge on any atom is 0.141 e. The fourth-order valence-electron chi connectivity index (χ4n) is 2.21. The molecule has 0 radical (unpaired) electrons. The average molecular weight is 242 g/mol. The Morgan fingerprint density at radius 2 is 1.78 bits per heavy atom. The minimum absolute atomic E-state index is 0.929. The van der Waals surface area contributed by atoms with Gasteiger partial charge in [0, 0.05) is 31.6 Å². The summed E-state index contributed by atoms with van der Waals surface area (Å²) in [7, 11) is 2.16. The zero-order chi connectivity index (χ0) is 12.4. The Bertz CT molecular complexity index is 532. The topological polar surface area (TPSA) is 31.4 Å². The zero-order valence-corrected chi connectivity index (χ0v) is 10.6. The lowest BCUT2D eigenvalue weighted by Crippen LogP contribution is -2.47. The molecule has 2 aromatic rings. The lowest BCUT2D eigenvalue weighted by molar-refractivity contribution is 0.178. The van der Waals surface area contributed by atoms with E-state index in [0.29, 0.717) is 0 Å². The lowest BCUT2D eigenvalue weighted by atomic mass is 10.2. The van der Waals surface area contributed by atoms with Gasteiger partial charge in [0.1, 0.15) is 5.82 Å². The zero-order valence-electron chi connectivity index (χ0n) is 10.6. The predicted molar refractivity (Wildman–Crippen MR) is 74.4 cm³/mol. The minimum atomic E-state index is 0.929. The van der Waals surface area contributed by atoms with E-state index in [-0.39, 0.29) is 0 Å². The highest BCUT2D eigenvalue weighted by molar-refractivity contribution is 5.79. The molecule has 1 saturated heterocycles. The molecule has 4 heteroatoms. The van der Waals surface area contributed by atoms with Crippen LogP contribution in [0.25, 0.3) is 10.9 Å². The number of para-hydroxylation sites is 1. The smallest absolute Gasteiger partial charge is 0.141 e. The number of likely N-dealkylation sites (N-methyl/N-ethyl adjacent to an activating group) is 1. The number of anilines is 1. The average Bonchev–Trinajstić information content (AvgIpc) is 2.41. The van der Waals surface area contributed by atoms with Gasteiger partial charge in [0.2, 0.25) is 0 Å². The molecule has 3 rings (SSSR count). The largest absolute Gasteiger partial charge is 0.304 e. The Labute approximate surface area is 107 Å². The van der Waals surface area contributed by atoms with Crippen LogP contribution >= 0.6 is 0 Å². The predicted octanol–water partition coefficient (Wildman–Crippen LogP) is 1.81. The number of piperazine rings is 1. The molecule has 0 spiro atoms. The second-order valence-electron chi connectivity index (χ2n) is 4.79. The van der Waals surface area contributed by atoms with Crippen molar-refractivity contribution in [3.05, 3.63) is 36.4 Å². The second kappa shape index (κ2) is 4.92. The van der Waals surface area contributed by atoms with Crippen LogP contribution in [0.15, 0.2) is 36.4 Å². The maximum absolute atomic E-state index is 4.62. The molecular weight excluding hydrogens is 224 g/mol. The molecule has 1 N–H and O–H groups in total. The van der Waals surface area contributed by atoms with Gasteiger partial charge in [-0.1, -0.05) is 18.2 Å². The third-order valence-electron chi connectivity index (χ3n) is 3.37. The molecule has 1 aromatic carbocycles. The first-order valence-corrected chi connectivity index (χ1v) is 6.37. The fraction of sp³-hybridized carbons (Fsp3) is 0.357. The molecule has 4 nitrogen and oxygen atoms in total. The highest BCUT2D eigenvalue weighted by atomic mass is 15.5. The Kier molecular flexibility index (Phi) is 3.13. The van der Waals surface area contributed by atoms with E-state index >= 15 is 0 Å². The van der Waals surface area contributed by atoms with Crippen molar-refractivity contribution in [2.45, 2.75) is 0 Å². The van der Waals surface area contributed by atoms with E-state index in [1.165, 1.54) is 5.39 Å². The Hall–Kier alpha value is -1.65. The fourth-order valence-corrected chi connectivity index (χ4v) is 2.21. The van der Waals surface area contributed by atoms with Crippen molar-refractivity contribution in [1.82, 2.24) is 14.9 Å². The van der Waals surface area contributed by atoms with E-state index in [4.69, 9.17) is 0 Å². The number of hydrogen-bond acceptors (Lipinski definition) is 4. The number of fused-ring (bicyclic) bond motifs is 1. The molecule has 18 heavy (non-hydrogen) atoms. The highest BCUT2D eigenvalue weighted by Gasteiger charge is 2.13. The third-order valence-corrected chi connectivity index (χ3v) is 3.37. The normalized spacial score (nSPS) is 18.1. The van der Waals surface area contributed by atoms with E-state index < -0.39 is 0 Å². The van der Waals surface area contributed by atoms with Crippen molar-refractivity contribution in [1.29, 1.82) is 0 Å². The number of hydrazine groups is 1. The number of benzene rings is 1. The summed E-state index contributed by atoms with van der Waals surface area (Å²) < 4.78 is 0. The maximum atomic E-state index is 4.62. The summed E-state index contributed by atoms with van der Waals surface area (Å²) in [6, 6.07) is 12.3. The summed E-state index contributed by atoms with van der Waals surface area (Å²) in [4.78, 5) is 6.96. The van der Waals surface area contributed by atoms with Crippen molar-refractivity contribution in [2.75, 3.05) is 38.7 Å². The van der Waals surface area contributed by atoms with Crippen LogP contribution < -0.4 is 5.43 Å². The van der Waals surface area contributed by atoms with Gasteiger partial charge in [-0.3, -0.25) is 0 Å². The van der Waals surface area contributed by atoms with Gasteiger partial charge in [0.25, 0.3) is 0 Å². The standard InChI is InChI=1S/C14H18N4/c1-17-8-10-18(11-9-17)16-14-7-6-12-4-2-3-5-13(12)15-14/h2-7H,8-11H2,1H3,(H,15,16). The molecule has 0 bridgehead atoms. The number of nitrogens with zero attached hydrogens (tertiary/aromatic N) is 3. The molecule has 94 valence electrons. The van der Waals surface area contributed by atoms with E-state index in [2.05, 4.69) is 39.5 Å². The first-order valence-electron chi connectivity index (χ1n) is 6.37. The van der Waals surface area contributed by atoms with Gasteiger partial charge >= 0.3 is 0 Å². The quantitative estimate of drug-likeness (QED) is 0.870. The van der Waals surface area contributed by atoms with Crippen LogP contribution in [-0.2, 0) is 0 Å². The molecule has 1 aliphatic heterocycles. The molecule has 0 atom stereocenters. The Morgan fingerprint density at radius 3 is 2.61 bits per heavy atom. The monoisotopic (exact) mass is 242 g/mol. The molecular formula is C14H18N4. The van der Waals surface area contributed by atoms with Crippen molar-refractivity contribution < 1.29 is 0 Å². The van der Waals surface area contributed by atoms with Gasteiger partial charge in [-0.25, -0.2) is 9.99 Å². The van der Waals surface area contributed by atoms with Crippen LogP contribution in [0.2, 0.25) is 0 Å². The number of rotatable bonds is 2. The molecule has 1 aromatic heterocycles. The van der Waals surface area contributed by atoms with E-state index in [1.54, 1.807) is 0 Å². The molecule has 2 heterocycles. The van der Waals surface area contributed by atoms with E-state index in [1.807, 2.05) is 24.3 Å². The van der Waals surface area contributed by atoms with Gasteiger partial charge in [-0.2, -0.15) is 0 Å². The Morgan fingerprint density at radius 1 is 1.00 bits per heavy atom. The van der Waals surface area contributed by atoms with Crippen molar-refractivity contribution >= 4 is 16.7 Å². The van der Waals surface area contributed by atoms with Crippen LogP contribution in [-0.4, -0.2) is 48.1 Å². The van der Waals surface area contributed by atoms with Gasteiger partial charge < -0.3 is 10.3 Å². The molecule has 0 unspecified atom stereocenters. The van der Waals surface area contributed by atoms with Crippen molar-refractivity contribution in [3.63, 3.8) is 0 Å². The molecule has 0 aliphatic carbocycles. The lowest BCUT2D eigenvalue weighted by Gasteiger charge is -2.32. The van der Waals surface area contributed by atoms with Gasteiger partial charge in [-0.05, 0) is 25.2 Å². The summed E-state index contributed by atoms with van der Waals surface area (Å²) in [6.07, 6.45) is 0. The number of aromatic nitrogens is 1. The highest BCUT2D eigenvalue weighted by Crippen LogP contribution is 2.15. The molecule has 0 saturated carbocycles. The molecule has 0 amide bonds. The van der Waals surface area contributed by atoms with Crippen LogP contribution in [0, 0.1) is 0 Å². The Balaban J connectivity index is 1.74. The van der Waals surface area contributed by atoms with E-state index in [0.717, 1.165) is 37.5 Å². The summed E-state index contributed by atoms with van der Waals surface area (Å²) in [5.41, 5.74) is 4.43. The van der Waals surface area contributed by atoms with Crippen molar-refractivity contribution in [2.24, 2.45) is 0 Å². The van der Waals surface area contributed by atoms with Gasteiger partial charge in [0.15, 0.2) is 0 Å². The summed E-state index contributed by atoms with van der Waals surface area (Å²) >= 11 is 0. The van der Waals surface area contributed by atoms with Gasteiger partial charge in [0.05, 0.1) is 5.52 Å². The number of nitrogens with one attached hydrogen (secondary N) is 1. The van der Waals surface area contributed by atoms with Crippen LogP contribution in [0.1, 0.15) is 0 Å². The number of hydrogen-bond donors (Lipinski definition) is 1. The van der Waals surface area contributed by atoms with Crippen LogP contribution in [0.4, 0.5) is 5.82 Å². The third kappa shape index (κ3) is 2.44. The molecule has 1 fully saturated rings. The molecule has 1 aliphatic rings. The second-order valence-corrected chi connectivity index (χ2v) is 4.79. The SMILES string of the molecule is CN1CCN(Nc2ccc3ccccc3n2)CC1.